The lowest BCUT2D eigenvalue weighted by atomic mass is 10.0. The molecular formula is C18H29N5O. The molecule has 0 radical (unpaired) electrons. The van der Waals surface area contributed by atoms with E-state index in [1.54, 1.807) is 0 Å². The molecule has 6 nitrogen and oxygen atoms in total. The summed E-state index contributed by atoms with van der Waals surface area (Å²) in [6.07, 6.45) is 4.22. The highest BCUT2D eigenvalue weighted by Crippen LogP contribution is 2.24. The zero-order chi connectivity index (χ0) is 17.3. The summed E-state index contributed by atoms with van der Waals surface area (Å²) in [4.78, 5) is 25.7. The number of carbonyl (C=O) groups is 1. The molecular weight excluding hydrogens is 302 g/mol. The van der Waals surface area contributed by atoms with Gasteiger partial charge in [-0.15, -0.1) is 0 Å². The summed E-state index contributed by atoms with van der Waals surface area (Å²) >= 11 is 0. The Morgan fingerprint density at radius 1 is 1.25 bits per heavy atom. The molecule has 3 rings (SSSR count). The molecule has 0 spiro atoms. The van der Waals surface area contributed by atoms with Crippen molar-refractivity contribution in [3.63, 3.8) is 0 Å². The maximum atomic E-state index is 12.2. The van der Waals surface area contributed by atoms with E-state index < -0.39 is 0 Å². The maximum Gasteiger partial charge on any atom is 0.317 e. The molecule has 1 N–H and O–H groups in total. The van der Waals surface area contributed by atoms with E-state index in [0.717, 1.165) is 56.1 Å². The number of hydrogen-bond acceptors (Lipinski definition) is 4. The summed E-state index contributed by atoms with van der Waals surface area (Å²) in [6, 6.07) is 2.87. The van der Waals surface area contributed by atoms with E-state index in [1.165, 1.54) is 0 Å². The first-order chi connectivity index (χ1) is 11.4. The van der Waals surface area contributed by atoms with Gasteiger partial charge in [-0.05, 0) is 32.6 Å². The van der Waals surface area contributed by atoms with Gasteiger partial charge in [0, 0.05) is 49.9 Å². The fourth-order valence-corrected chi connectivity index (χ4v) is 3.15. The Balaban J connectivity index is 1.59. The molecule has 1 aliphatic heterocycles. The van der Waals surface area contributed by atoms with Crippen molar-refractivity contribution >= 4 is 11.8 Å². The molecule has 0 unspecified atom stereocenters. The molecule has 2 heterocycles. The molecule has 2 fully saturated rings. The van der Waals surface area contributed by atoms with E-state index in [1.807, 2.05) is 18.9 Å². The lowest BCUT2D eigenvalue weighted by Crippen LogP contribution is -2.49. The number of amides is 2. The second-order valence-electron chi connectivity index (χ2n) is 7.43. The monoisotopic (exact) mass is 331 g/mol. The summed E-state index contributed by atoms with van der Waals surface area (Å²) < 4.78 is 0. The predicted molar refractivity (Wildman–Crippen MR) is 95.4 cm³/mol. The minimum absolute atomic E-state index is 0.0796. The second-order valence-corrected chi connectivity index (χ2v) is 7.43. The Labute approximate surface area is 144 Å². The molecule has 0 aromatic carbocycles. The van der Waals surface area contributed by atoms with Gasteiger partial charge in [-0.3, -0.25) is 0 Å². The van der Waals surface area contributed by atoms with E-state index in [9.17, 15) is 4.79 Å². The number of nitrogens with zero attached hydrogens (tertiary/aromatic N) is 4. The Morgan fingerprint density at radius 2 is 1.92 bits per heavy atom. The molecule has 0 atom stereocenters. The highest BCUT2D eigenvalue weighted by atomic mass is 16.2. The average molecular weight is 331 g/mol. The number of nitrogens with one attached hydrogen (secondary N) is 1. The van der Waals surface area contributed by atoms with Crippen molar-refractivity contribution in [3.05, 3.63) is 17.6 Å². The lowest BCUT2D eigenvalue weighted by molar-refractivity contribution is 0.179. The smallest absolute Gasteiger partial charge is 0.317 e. The fourth-order valence-electron chi connectivity index (χ4n) is 3.15. The average Bonchev–Trinajstić information content (AvgIpc) is 3.37. The number of rotatable bonds is 4. The Kier molecular flexibility index (Phi) is 4.92. The van der Waals surface area contributed by atoms with Crippen LogP contribution in [0.2, 0.25) is 0 Å². The standard InChI is InChI=1S/C18H29N5O/c1-12(2)17-19-13(3)11-16(21-17)23-9-7-15(8-10-23)22(4)18(24)20-14-5-6-14/h11-12,14-15H,5-10H2,1-4H3,(H,20,24). The van der Waals surface area contributed by atoms with Crippen LogP contribution in [0.15, 0.2) is 6.07 Å². The van der Waals surface area contributed by atoms with Crippen molar-refractivity contribution in [3.8, 4) is 0 Å². The molecule has 1 aliphatic carbocycles. The van der Waals surface area contributed by atoms with Gasteiger partial charge in [0.05, 0.1) is 0 Å². The van der Waals surface area contributed by atoms with Crippen molar-refractivity contribution in [1.82, 2.24) is 20.2 Å². The van der Waals surface area contributed by atoms with Gasteiger partial charge in [0.1, 0.15) is 11.6 Å². The molecule has 1 aromatic heterocycles. The van der Waals surface area contributed by atoms with Crippen LogP contribution in [0.4, 0.5) is 10.6 Å². The normalized spacial score (nSPS) is 18.8. The zero-order valence-electron chi connectivity index (χ0n) is 15.2. The lowest BCUT2D eigenvalue weighted by Gasteiger charge is -2.37. The Morgan fingerprint density at radius 3 is 2.50 bits per heavy atom. The molecule has 2 amide bonds. The highest BCUT2D eigenvalue weighted by Gasteiger charge is 2.29. The third-order valence-electron chi connectivity index (χ3n) is 4.94. The largest absolute Gasteiger partial charge is 0.356 e. The van der Waals surface area contributed by atoms with Crippen LogP contribution < -0.4 is 10.2 Å². The van der Waals surface area contributed by atoms with Crippen LogP contribution in [-0.4, -0.2) is 53.1 Å². The molecule has 24 heavy (non-hydrogen) atoms. The maximum absolute atomic E-state index is 12.2. The number of hydrogen-bond donors (Lipinski definition) is 1. The number of anilines is 1. The summed E-state index contributed by atoms with van der Waals surface area (Å²) in [5.74, 6) is 2.27. The third-order valence-corrected chi connectivity index (χ3v) is 4.94. The van der Waals surface area contributed by atoms with Gasteiger partial charge < -0.3 is 15.1 Å². The van der Waals surface area contributed by atoms with E-state index >= 15 is 0 Å². The topological polar surface area (TPSA) is 61.4 Å². The molecule has 6 heteroatoms. The van der Waals surface area contributed by atoms with Gasteiger partial charge >= 0.3 is 6.03 Å². The third kappa shape index (κ3) is 3.97. The van der Waals surface area contributed by atoms with Gasteiger partial charge in [-0.25, -0.2) is 14.8 Å². The molecule has 0 bridgehead atoms. The van der Waals surface area contributed by atoms with E-state index in [-0.39, 0.29) is 6.03 Å². The van der Waals surface area contributed by atoms with Gasteiger partial charge in [-0.1, -0.05) is 13.8 Å². The van der Waals surface area contributed by atoms with E-state index in [4.69, 9.17) is 4.98 Å². The van der Waals surface area contributed by atoms with Crippen LogP contribution >= 0.6 is 0 Å². The van der Waals surface area contributed by atoms with Crippen molar-refractivity contribution in [2.45, 2.75) is 64.5 Å². The summed E-state index contributed by atoms with van der Waals surface area (Å²) in [5.41, 5.74) is 1.02. The first kappa shape index (κ1) is 17.0. The molecule has 1 saturated heterocycles. The number of aryl methyl sites for hydroxylation is 1. The van der Waals surface area contributed by atoms with E-state index in [2.05, 4.69) is 35.1 Å². The highest BCUT2D eigenvalue weighted by molar-refractivity contribution is 5.75. The van der Waals surface area contributed by atoms with Gasteiger partial charge in [-0.2, -0.15) is 0 Å². The summed E-state index contributed by atoms with van der Waals surface area (Å²) in [6.45, 7) is 8.13. The van der Waals surface area contributed by atoms with Crippen LogP contribution in [0.5, 0.6) is 0 Å². The van der Waals surface area contributed by atoms with Gasteiger partial charge in [0.15, 0.2) is 0 Å². The van der Waals surface area contributed by atoms with Crippen LogP contribution in [0.1, 0.15) is 57.0 Å². The van der Waals surface area contributed by atoms with Gasteiger partial charge in [0.2, 0.25) is 0 Å². The fraction of sp³-hybridized carbons (Fsp3) is 0.722. The molecule has 1 saturated carbocycles. The van der Waals surface area contributed by atoms with Crippen molar-refractivity contribution in [2.24, 2.45) is 0 Å². The molecule has 132 valence electrons. The SMILES string of the molecule is Cc1cc(N2CCC(N(C)C(=O)NC3CC3)CC2)nc(C(C)C)n1. The number of carbonyl (C=O) groups excluding carboxylic acids is 1. The zero-order valence-corrected chi connectivity index (χ0v) is 15.2. The first-order valence-electron chi connectivity index (χ1n) is 9.08. The van der Waals surface area contributed by atoms with Crippen molar-refractivity contribution < 1.29 is 4.79 Å². The Bertz CT molecular complexity index is 591. The van der Waals surface area contributed by atoms with E-state index in [0.29, 0.717) is 18.0 Å². The van der Waals surface area contributed by atoms with Gasteiger partial charge in [0.25, 0.3) is 0 Å². The molecule has 1 aromatic rings. The second kappa shape index (κ2) is 6.95. The number of urea groups is 1. The van der Waals surface area contributed by atoms with Crippen LogP contribution in [0, 0.1) is 6.92 Å². The Hall–Kier alpha value is -1.85. The number of piperidine rings is 1. The first-order valence-corrected chi connectivity index (χ1v) is 9.08. The van der Waals surface area contributed by atoms with Crippen molar-refractivity contribution in [2.75, 3.05) is 25.0 Å². The summed E-state index contributed by atoms with van der Waals surface area (Å²) in [7, 11) is 1.92. The van der Waals surface area contributed by atoms with Crippen LogP contribution in [0.25, 0.3) is 0 Å². The van der Waals surface area contributed by atoms with Crippen molar-refractivity contribution in [1.29, 1.82) is 0 Å². The minimum atomic E-state index is 0.0796. The predicted octanol–water partition coefficient (Wildman–Crippen LogP) is 2.68. The van der Waals surface area contributed by atoms with Crippen LogP contribution in [0.3, 0.4) is 0 Å². The van der Waals surface area contributed by atoms with Crippen LogP contribution in [-0.2, 0) is 0 Å². The number of aromatic nitrogens is 2. The molecule has 2 aliphatic rings. The summed E-state index contributed by atoms with van der Waals surface area (Å²) in [5, 5.41) is 3.07. The minimum Gasteiger partial charge on any atom is -0.356 e. The quantitative estimate of drug-likeness (QED) is 0.921.